The Morgan fingerprint density at radius 2 is 1.70 bits per heavy atom. The molecule has 0 aliphatic carbocycles. The number of esters is 1. The van der Waals surface area contributed by atoms with Gasteiger partial charge >= 0.3 is 5.97 Å². The lowest BCUT2D eigenvalue weighted by Crippen LogP contribution is -2.42. The number of rotatable bonds is 7. The Hall–Kier alpha value is -2.71. The number of piperidine rings is 1. The van der Waals surface area contributed by atoms with Crippen molar-refractivity contribution in [1.29, 1.82) is 0 Å². The van der Waals surface area contributed by atoms with Crippen LogP contribution in [0.3, 0.4) is 0 Å². The molecule has 2 aromatic carbocycles. The number of hydrogen-bond acceptors (Lipinski definition) is 5. The Morgan fingerprint density at radius 1 is 1.06 bits per heavy atom. The van der Waals surface area contributed by atoms with Gasteiger partial charge in [0.05, 0.1) is 10.8 Å². The molecule has 0 aromatic heterocycles. The molecule has 3 rings (SSSR count). The molecule has 1 atom stereocenters. The summed E-state index contributed by atoms with van der Waals surface area (Å²) in [5, 5.41) is 0. The SMILES string of the molecule is Cc1ccc(S(=O)(=O)N2CCC(C(=O)OC(C)C(=O)N(C)Cc3ccccc3)CC2)cc1C. The highest BCUT2D eigenvalue weighted by atomic mass is 32.2. The van der Waals surface area contributed by atoms with Gasteiger partial charge in [0.1, 0.15) is 0 Å². The predicted octanol–water partition coefficient (Wildman–Crippen LogP) is 3.29. The van der Waals surface area contributed by atoms with Crippen molar-refractivity contribution >= 4 is 21.9 Å². The summed E-state index contributed by atoms with van der Waals surface area (Å²) in [5.41, 5.74) is 2.95. The van der Waals surface area contributed by atoms with E-state index in [1.807, 2.05) is 44.2 Å². The topological polar surface area (TPSA) is 84.0 Å². The number of carbonyl (C=O) groups excluding carboxylic acids is 2. The van der Waals surface area contributed by atoms with Gasteiger partial charge in [-0.2, -0.15) is 4.31 Å². The second-order valence-electron chi connectivity index (χ2n) is 8.68. The van der Waals surface area contributed by atoms with Crippen molar-refractivity contribution in [3.63, 3.8) is 0 Å². The Kier molecular flexibility index (Phi) is 7.92. The molecule has 1 heterocycles. The highest BCUT2D eigenvalue weighted by molar-refractivity contribution is 7.89. The van der Waals surface area contributed by atoms with E-state index < -0.39 is 28.0 Å². The van der Waals surface area contributed by atoms with Gasteiger partial charge in [0.25, 0.3) is 5.91 Å². The minimum Gasteiger partial charge on any atom is -0.452 e. The van der Waals surface area contributed by atoms with E-state index in [1.165, 1.54) is 9.21 Å². The standard InChI is InChI=1S/C25H32N2O5S/c1-18-10-11-23(16-19(18)2)33(30,31)27-14-12-22(13-15-27)25(29)32-20(3)24(28)26(4)17-21-8-6-5-7-9-21/h5-11,16,20,22H,12-15,17H2,1-4H3. The number of amides is 1. The number of carbonyl (C=O) groups is 2. The van der Waals surface area contributed by atoms with Crippen LogP contribution in [0.25, 0.3) is 0 Å². The molecule has 0 spiro atoms. The van der Waals surface area contributed by atoms with Gasteiger partial charge in [-0.25, -0.2) is 8.42 Å². The highest BCUT2D eigenvalue weighted by Gasteiger charge is 2.34. The molecule has 0 N–H and O–H groups in total. The van der Waals surface area contributed by atoms with Crippen LogP contribution in [0.1, 0.15) is 36.5 Å². The number of nitrogens with zero attached hydrogens (tertiary/aromatic N) is 2. The Labute approximate surface area is 196 Å². The van der Waals surface area contributed by atoms with Crippen molar-refractivity contribution in [2.45, 2.75) is 51.2 Å². The van der Waals surface area contributed by atoms with Crippen molar-refractivity contribution in [2.24, 2.45) is 5.92 Å². The summed E-state index contributed by atoms with van der Waals surface area (Å²) >= 11 is 0. The first kappa shape index (κ1) is 24.9. The predicted molar refractivity (Wildman–Crippen MR) is 126 cm³/mol. The first-order valence-electron chi connectivity index (χ1n) is 11.2. The maximum absolute atomic E-state index is 13.0. The van der Waals surface area contributed by atoms with Crippen LogP contribution in [0.4, 0.5) is 0 Å². The average molecular weight is 473 g/mol. The molecule has 7 nitrogen and oxygen atoms in total. The van der Waals surface area contributed by atoms with E-state index in [0.717, 1.165) is 16.7 Å². The Morgan fingerprint density at radius 3 is 2.30 bits per heavy atom. The molecular formula is C25H32N2O5S. The zero-order valence-electron chi connectivity index (χ0n) is 19.7. The lowest BCUT2D eigenvalue weighted by Gasteiger charge is -2.31. The molecule has 1 fully saturated rings. The molecule has 1 amide bonds. The monoisotopic (exact) mass is 472 g/mol. The molecule has 33 heavy (non-hydrogen) atoms. The molecule has 2 aromatic rings. The van der Waals surface area contributed by atoms with Crippen LogP contribution in [0.2, 0.25) is 0 Å². The summed E-state index contributed by atoms with van der Waals surface area (Å²) < 4.78 is 32.8. The normalized spacial score (nSPS) is 16.2. The zero-order chi connectivity index (χ0) is 24.2. The van der Waals surface area contributed by atoms with Crippen molar-refractivity contribution in [1.82, 2.24) is 9.21 Å². The second kappa shape index (κ2) is 10.5. The van der Waals surface area contributed by atoms with Crippen molar-refractivity contribution in [3.8, 4) is 0 Å². The highest BCUT2D eigenvalue weighted by Crippen LogP contribution is 2.26. The number of hydrogen-bond donors (Lipinski definition) is 0. The van der Waals surface area contributed by atoms with Crippen molar-refractivity contribution in [3.05, 3.63) is 65.2 Å². The van der Waals surface area contributed by atoms with Crippen molar-refractivity contribution in [2.75, 3.05) is 20.1 Å². The molecule has 1 unspecified atom stereocenters. The summed E-state index contributed by atoms with van der Waals surface area (Å²) in [6, 6.07) is 14.7. The molecule has 1 saturated heterocycles. The number of benzene rings is 2. The molecule has 0 bridgehead atoms. The molecule has 0 saturated carbocycles. The number of aryl methyl sites for hydroxylation is 2. The van der Waals surface area contributed by atoms with Crippen LogP contribution < -0.4 is 0 Å². The molecule has 178 valence electrons. The smallest absolute Gasteiger partial charge is 0.309 e. The van der Waals surface area contributed by atoms with Gasteiger partial charge in [0.2, 0.25) is 10.0 Å². The molecule has 1 aliphatic rings. The third kappa shape index (κ3) is 6.00. The largest absolute Gasteiger partial charge is 0.452 e. The summed E-state index contributed by atoms with van der Waals surface area (Å²) in [7, 11) is -1.93. The van der Waals surface area contributed by atoms with E-state index in [9.17, 15) is 18.0 Å². The lowest BCUT2D eigenvalue weighted by atomic mass is 9.98. The molecular weight excluding hydrogens is 440 g/mol. The first-order valence-corrected chi connectivity index (χ1v) is 12.6. The van der Waals surface area contributed by atoms with E-state index in [-0.39, 0.29) is 23.9 Å². The maximum atomic E-state index is 13.0. The average Bonchev–Trinajstić information content (AvgIpc) is 2.80. The van der Waals surface area contributed by atoms with E-state index in [4.69, 9.17) is 4.74 Å². The number of sulfonamides is 1. The Bertz CT molecular complexity index is 1090. The van der Waals surface area contributed by atoms with Crippen LogP contribution in [-0.4, -0.2) is 55.7 Å². The summed E-state index contributed by atoms with van der Waals surface area (Å²) in [6.07, 6.45) is -0.170. The minimum absolute atomic E-state index is 0.241. The molecule has 0 radical (unpaired) electrons. The molecule has 8 heteroatoms. The van der Waals surface area contributed by atoms with E-state index in [0.29, 0.717) is 19.4 Å². The van der Waals surface area contributed by atoms with Gasteiger partial charge in [-0.3, -0.25) is 9.59 Å². The number of ether oxygens (including phenoxy) is 1. The third-order valence-corrected chi connectivity index (χ3v) is 8.08. The zero-order valence-corrected chi connectivity index (χ0v) is 20.5. The fraction of sp³-hybridized carbons (Fsp3) is 0.440. The number of likely N-dealkylation sites (N-methyl/N-ethyl adjacent to an activating group) is 1. The molecule has 1 aliphatic heterocycles. The summed E-state index contributed by atoms with van der Waals surface area (Å²) in [5.74, 6) is -1.15. The van der Waals surface area contributed by atoms with Crippen LogP contribution in [0, 0.1) is 19.8 Å². The van der Waals surface area contributed by atoms with Gasteiger partial charge in [-0.15, -0.1) is 0 Å². The van der Waals surface area contributed by atoms with E-state index in [1.54, 1.807) is 32.2 Å². The maximum Gasteiger partial charge on any atom is 0.309 e. The lowest BCUT2D eigenvalue weighted by molar-refractivity contribution is -0.163. The summed E-state index contributed by atoms with van der Waals surface area (Å²) in [6.45, 7) is 6.30. The van der Waals surface area contributed by atoms with E-state index in [2.05, 4.69) is 0 Å². The van der Waals surface area contributed by atoms with Crippen LogP contribution in [0.5, 0.6) is 0 Å². The summed E-state index contributed by atoms with van der Waals surface area (Å²) in [4.78, 5) is 27.1. The van der Waals surface area contributed by atoms with Gasteiger partial charge in [0.15, 0.2) is 6.10 Å². The van der Waals surface area contributed by atoms with Crippen LogP contribution in [-0.2, 0) is 30.9 Å². The van der Waals surface area contributed by atoms with Crippen LogP contribution in [0.15, 0.2) is 53.4 Å². The Balaban J connectivity index is 1.53. The fourth-order valence-corrected chi connectivity index (χ4v) is 5.48. The van der Waals surface area contributed by atoms with Gasteiger partial charge in [0, 0.05) is 26.7 Å². The van der Waals surface area contributed by atoms with Crippen LogP contribution >= 0.6 is 0 Å². The van der Waals surface area contributed by atoms with Gasteiger partial charge in [-0.1, -0.05) is 36.4 Å². The third-order valence-electron chi connectivity index (χ3n) is 6.18. The first-order chi connectivity index (χ1) is 15.6. The second-order valence-corrected chi connectivity index (χ2v) is 10.6. The van der Waals surface area contributed by atoms with E-state index >= 15 is 0 Å². The minimum atomic E-state index is -3.61. The fourth-order valence-electron chi connectivity index (χ4n) is 3.92. The van der Waals surface area contributed by atoms with Gasteiger partial charge in [-0.05, 0) is 62.4 Å². The van der Waals surface area contributed by atoms with Crippen molar-refractivity contribution < 1.29 is 22.7 Å². The quantitative estimate of drug-likeness (QED) is 0.578. The van der Waals surface area contributed by atoms with Gasteiger partial charge < -0.3 is 9.64 Å².